The van der Waals surface area contributed by atoms with Crippen LogP contribution in [-0.4, -0.2) is 18.1 Å². The van der Waals surface area contributed by atoms with Crippen LogP contribution in [-0.2, 0) is 4.79 Å². The molecule has 0 aliphatic carbocycles. The molecule has 1 N–H and O–H groups in total. The number of anilines is 1. The summed E-state index contributed by atoms with van der Waals surface area (Å²) in [5.41, 5.74) is 1.89. The summed E-state index contributed by atoms with van der Waals surface area (Å²) in [4.78, 5) is 13.6. The molecule has 0 bridgehead atoms. The first-order valence-corrected chi connectivity index (χ1v) is 6.94. The van der Waals surface area contributed by atoms with Gasteiger partial charge in [-0.2, -0.15) is 0 Å². The molecule has 106 valence electrons. The van der Waals surface area contributed by atoms with Gasteiger partial charge in [0, 0.05) is 18.8 Å². The van der Waals surface area contributed by atoms with Crippen LogP contribution in [0.2, 0.25) is 0 Å². The third-order valence-corrected chi connectivity index (χ3v) is 3.28. The van der Waals surface area contributed by atoms with Crippen LogP contribution in [0.5, 0.6) is 0 Å². The van der Waals surface area contributed by atoms with E-state index in [9.17, 15) is 4.79 Å². The zero-order chi connectivity index (χ0) is 15.1. The van der Waals surface area contributed by atoms with E-state index in [1.165, 1.54) is 6.08 Å². The summed E-state index contributed by atoms with van der Waals surface area (Å²) < 4.78 is 0. The molecule has 0 aliphatic heterocycles. The third kappa shape index (κ3) is 4.54. The van der Waals surface area contributed by atoms with Crippen LogP contribution in [0.3, 0.4) is 0 Å². The van der Waals surface area contributed by atoms with Crippen LogP contribution in [0.25, 0.3) is 6.08 Å². The number of carbonyl (C=O) groups excluding carboxylic acids is 1. The molecule has 0 unspecified atom stereocenters. The normalized spacial score (nSPS) is 10.3. The number of thiocarbonyl (C=S) groups is 1. The van der Waals surface area contributed by atoms with Crippen molar-refractivity contribution in [3.8, 4) is 0 Å². The lowest BCUT2D eigenvalue weighted by atomic mass is 10.2. The number of amides is 1. The summed E-state index contributed by atoms with van der Waals surface area (Å²) in [5.74, 6) is -0.244. The molecule has 1 amide bonds. The molecule has 0 radical (unpaired) electrons. The smallest absolute Gasteiger partial charge is 0.250 e. The van der Waals surface area contributed by atoms with Gasteiger partial charge in [0.25, 0.3) is 0 Å². The molecule has 0 heterocycles. The zero-order valence-electron chi connectivity index (χ0n) is 11.7. The topological polar surface area (TPSA) is 32.3 Å². The van der Waals surface area contributed by atoms with Crippen LogP contribution in [0, 0.1) is 0 Å². The number of nitrogens with zero attached hydrogens (tertiary/aromatic N) is 1. The van der Waals surface area contributed by atoms with Gasteiger partial charge in [0.15, 0.2) is 5.11 Å². The average Bonchev–Trinajstić information content (AvgIpc) is 2.54. The van der Waals surface area contributed by atoms with E-state index in [1.807, 2.05) is 67.7 Å². The average molecular weight is 296 g/mol. The molecular weight excluding hydrogens is 280 g/mol. The fraction of sp³-hybridized carbons (Fsp3) is 0.0588. The van der Waals surface area contributed by atoms with Gasteiger partial charge in [0.2, 0.25) is 5.91 Å². The summed E-state index contributed by atoms with van der Waals surface area (Å²) >= 11 is 5.23. The second kappa shape index (κ2) is 7.36. The fourth-order valence-electron chi connectivity index (χ4n) is 1.74. The quantitative estimate of drug-likeness (QED) is 0.697. The zero-order valence-corrected chi connectivity index (χ0v) is 12.5. The van der Waals surface area contributed by atoms with E-state index in [0.717, 1.165) is 11.3 Å². The summed E-state index contributed by atoms with van der Waals surface area (Å²) in [7, 11) is 1.82. The van der Waals surface area contributed by atoms with Crippen molar-refractivity contribution < 1.29 is 4.79 Å². The number of hydrogen-bond donors (Lipinski definition) is 1. The lowest BCUT2D eigenvalue weighted by Gasteiger charge is -2.19. The number of rotatable bonds is 3. The van der Waals surface area contributed by atoms with Crippen LogP contribution in [0.4, 0.5) is 5.69 Å². The molecule has 21 heavy (non-hydrogen) atoms. The van der Waals surface area contributed by atoms with Crippen LogP contribution < -0.4 is 10.2 Å². The van der Waals surface area contributed by atoms with Crippen molar-refractivity contribution in [1.29, 1.82) is 0 Å². The van der Waals surface area contributed by atoms with E-state index < -0.39 is 0 Å². The Bertz CT molecular complexity index is 638. The second-order valence-electron chi connectivity index (χ2n) is 4.43. The van der Waals surface area contributed by atoms with E-state index >= 15 is 0 Å². The predicted octanol–water partition coefficient (Wildman–Crippen LogP) is 3.24. The first-order chi connectivity index (χ1) is 10.2. The highest BCUT2D eigenvalue weighted by atomic mass is 32.1. The van der Waals surface area contributed by atoms with Crippen molar-refractivity contribution in [2.24, 2.45) is 0 Å². The Hall–Kier alpha value is -2.46. The summed E-state index contributed by atoms with van der Waals surface area (Å²) in [6.45, 7) is 0. The highest BCUT2D eigenvalue weighted by Gasteiger charge is 2.08. The Labute approximate surface area is 129 Å². The Morgan fingerprint density at radius 3 is 2.24 bits per heavy atom. The molecule has 0 saturated heterocycles. The summed E-state index contributed by atoms with van der Waals surface area (Å²) in [6, 6.07) is 19.3. The maximum atomic E-state index is 11.9. The van der Waals surface area contributed by atoms with Gasteiger partial charge in [-0.1, -0.05) is 48.5 Å². The van der Waals surface area contributed by atoms with Gasteiger partial charge < -0.3 is 4.90 Å². The summed E-state index contributed by atoms with van der Waals surface area (Å²) in [5, 5.41) is 3.04. The first kappa shape index (κ1) is 14.9. The Morgan fingerprint density at radius 1 is 1.05 bits per heavy atom. The van der Waals surface area contributed by atoms with E-state index in [0.29, 0.717) is 5.11 Å². The number of nitrogens with one attached hydrogen (secondary N) is 1. The van der Waals surface area contributed by atoms with Gasteiger partial charge in [0.1, 0.15) is 0 Å². The third-order valence-electron chi connectivity index (χ3n) is 2.90. The van der Waals surface area contributed by atoms with Gasteiger partial charge in [-0.15, -0.1) is 0 Å². The molecule has 3 nitrogen and oxygen atoms in total. The van der Waals surface area contributed by atoms with Gasteiger partial charge in [0.05, 0.1) is 0 Å². The van der Waals surface area contributed by atoms with E-state index in [4.69, 9.17) is 12.2 Å². The predicted molar refractivity (Wildman–Crippen MR) is 91.1 cm³/mol. The molecule has 0 aliphatic rings. The van der Waals surface area contributed by atoms with Gasteiger partial charge in [-0.25, -0.2) is 0 Å². The standard InChI is InChI=1S/C17H16N2OS/c1-19(15-10-6-3-7-11-15)17(21)18-16(20)13-12-14-8-4-2-5-9-14/h2-13H,1H3,(H,18,20,21)/b13-12-. The molecule has 2 aromatic rings. The SMILES string of the molecule is CN(C(=S)NC(=O)/C=C\c1ccccc1)c1ccccc1. The lowest BCUT2D eigenvalue weighted by Crippen LogP contribution is -2.39. The minimum atomic E-state index is -0.244. The van der Waals surface area contributed by atoms with Crippen molar-refractivity contribution in [2.45, 2.75) is 0 Å². The van der Waals surface area contributed by atoms with Crippen LogP contribution in [0.15, 0.2) is 66.7 Å². The van der Waals surface area contributed by atoms with Crippen LogP contribution in [0.1, 0.15) is 5.56 Å². The van der Waals surface area contributed by atoms with E-state index in [1.54, 1.807) is 11.0 Å². The number of carbonyl (C=O) groups is 1. The molecular formula is C17H16N2OS. The van der Waals surface area contributed by atoms with E-state index in [-0.39, 0.29) is 5.91 Å². The highest BCUT2D eigenvalue weighted by Crippen LogP contribution is 2.10. The lowest BCUT2D eigenvalue weighted by molar-refractivity contribution is -0.115. The molecule has 0 saturated carbocycles. The monoisotopic (exact) mass is 296 g/mol. The maximum absolute atomic E-state index is 11.9. The fourth-order valence-corrected chi connectivity index (χ4v) is 1.94. The van der Waals surface area contributed by atoms with E-state index in [2.05, 4.69) is 5.32 Å². The number of benzene rings is 2. The van der Waals surface area contributed by atoms with Crippen LogP contribution >= 0.6 is 12.2 Å². The molecule has 0 fully saturated rings. The highest BCUT2D eigenvalue weighted by molar-refractivity contribution is 7.80. The van der Waals surface area contributed by atoms with Gasteiger partial charge >= 0.3 is 0 Å². The van der Waals surface area contributed by atoms with Crippen molar-refractivity contribution in [2.75, 3.05) is 11.9 Å². The Balaban J connectivity index is 1.93. The first-order valence-electron chi connectivity index (χ1n) is 6.53. The number of hydrogen-bond acceptors (Lipinski definition) is 2. The Kier molecular flexibility index (Phi) is 5.23. The molecule has 0 aromatic heterocycles. The summed E-state index contributed by atoms with van der Waals surface area (Å²) in [6.07, 6.45) is 3.22. The Morgan fingerprint density at radius 2 is 1.62 bits per heavy atom. The van der Waals surface area contributed by atoms with Gasteiger partial charge in [-0.05, 0) is 36.0 Å². The molecule has 2 rings (SSSR count). The largest absolute Gasteiger partial charge is 0.322 e. The van der Waals surface area contributed by atoms with Crippen molar-refractivity contribution >= 4 is 35.0 Å². The minimum absolute atomic E-state index is 0.244. The minimum Gasteiger partial charge on any atom is -0.322 e. The number of para-hydroxylation sites is 1. The molecule has 0 spiro atoms. The molecule has 2 aromatic carbocycles. The van der Waals surface area contributed by atoms with Gasteiger partial charge in [-0.3, -0.25) is 10.1 Å². The van der Waals surface area contributed by atoms with Crippen molar-refractivity contribution in [1.82, 2.24) is 5.32 Å². The molecule has 4 heteroatoms. The maximum Gasteiger partial charge on any atom is 0.250 e. The second-order valence-corrected chi connectivity index (χ2v) is 4.82. The van der Waals surface area contributed by atoms with Crippen molar-refractivity contribution in [3.05, 3.63) is 72.3 Å². The molecule has 0 atom stereocenters. The van der Waals surface area contributed by atoms with Crippen molar-refractivity contribution in [3.63, 3.8) is 0 Å².